The molecule has 2 aromatic carbocycles. The van der Waals surface area contributed by atoms with Crippen LogP contribution in [0.2, 0.25) is 17.1 Å². The van der Waals surface area contributed by atoms with E-state index in [-0.39, 0.29) is 25.2 Å². The SMILES string of the molecule is C=CCOC(=O)/C=C/CC[C@@H](C)[C@@H](OC(=O)Nc1ccc(F)cc1F)c1ccc(OCCO[Si](CCC(F)(F)C(F)(F)C(F)(F)C(F)(F)C(F)(F)C(F)(F)C(F)(F)C(F)(F)F)(C(C)C)C(C)C)cc1. The van der Waals surface area contributed by atoms with Gasteiger partial charge < -0.3 is 18.6 Å². The van der Waals surface area contributed by atoms with Crippen LogP contribution in [0.15, 0.2) is 67.3 Å². The lowest BCUT2D eigenvalue weighted by Gasteiger charge is -2.44. The zero-order valence-corrected chi connectivity index (χ0v) is 37.9. The first-order chi connectivity index (χ1) is 31.3. The smallest absolute Gasteiger partial charge is 0.460 e. The van der Waals surface area contributed by atoms with E-state index in [1.54, 1.807) is 6.92 Å². The number of alkyl halides is 17. The van der Waals surface area contributed by atoms with Crippen LogP contribution in [0.5, 0.6) is 5.75 Å². The predicted molar refractivity (Wildman–Crippen MR) is 212 cm³/mol. The summed E-state index contributed by atoms with van der Waals surface area (Å²) in [5, 5.41) is 2.15. The number of halogens is 19. The molecule has 0 aromatic heterocycles. The first kappa shape index (κ1) is 60.4. The van der Waals surface area contributed by atoms with Gasteiger partial charge in [-0.3, -0.25) is 5.32 Å². The normalized spacial score (nSPS) is 14.8. The predicted octanol–water partition coefficient (Wildman–Crippen LogP) is 14.5. The highest BCUT2D eigenvalue weighted by molar-refractivity contribution is 6.76. The molecule has 0 bridgehead atoms. The van der Waals surface area contributed by atoms with Gasteiger partial charge in [-0.1, -0.05) is 65.5 Å². The number of amides is 1. The lowest BCUT2D eigenvalue weighted by atomic mass is 9.88. The molecule has 1 N–H and O–H groups in total. The van der Waals surface area contributed by atoms with Crippen molar-refractivity contribution < 1.29 is 112 Å². The molecule has 2 aromatic rings. The summed E-state index contributed by atoms with van der Waals surface area (Å²) in [6.45, 7) is 9.15. The molecule has 0 radical (unpaired) electrons. The standard InChI is InChI=1S/C42H46F19NO6Si/c1-7-19-66-32(63)11-9-8-10-26(6)33(68-34(64)62-31-17-14-28(43)23-30(31)44)27-12-15-29(16-13-27)65-20-21-67-69(24(2)3,25(4)5)22-18-35(45,46)36(47,48)37(49,50)38(51,52)39(53,54)40(55,56)41(57,58)42(59,60)61/h7,9,11-17,23-26,33H,1,8,10,18-22H2,2-6H3,(H,62,64)/b11-9+/t26-,33-/m1/s1. The number of carbonyl (C=O) groups is 2. The average molecular weight is 1050 g/mol. The quantitative estimate of drug-likeness (QED) is 0.0252. The third-order valence-electron chi connectivity index (χ3n) is 10.8. The summed E-state index contributed by atoms with van der Waals surface area (Å²) < 4.78 is 286. The number of hydrogen-bond acceptors (Lipinski definition) is 6. The van der Waals surface area contributed by atoms with Gasteiger partial charge in [-0.05, 0) is 65.7 Å². The molecule has 7 nitrogen and oxygen atoms in total. The first-order valence-corrected chi connectivity index (χ1v) is 22.5. The number of benzene rings is 2. The molecule has 0 saturated heterocycles. The van der Waals surface area contributed by atoms with Crippen molar-refractivity contribution in [2.24, 2.45) is 5.92 Å². The van der Waals surface area contributed by atoms with Crippen molar-refractivity contribution in [1.29, 1.82) is 0 Å². The van der Waals surface area contributed by atoms with E-state index in [0.717, 1.165) is 18.2 Å². The molecule has 0 unspecified atom stereocenters. The number of allylic oxidation sites excluding steroid dienone is 1. The Morgan fingerprint density at radius 1 is 0.710 bits per heavy atom. The van der Waals surface area contributed by atoms with Gasteiger partial charge in [0.2, 0.25) is 0 Å². The van der Waals surface area contributed by atoms with Crippen LogP contribution in [0.4, 0.5) is 93.9 Å². The van der Waals surface area contributed by atoms with Crippen LogP contribution < -0.4 is 10.1 Å². The van der Waals surface area contributed by atoms with Crippen molar-refractivity contribution in [3.8, 4) is 5.75 Å². The maximum absolute atomic E-state index is 15.0. The Hall–Kier alpha value is -4.69. The van der Waals surface area contributed by atoms with Crippen molar-refractivity contribution >= 4 is 26.1 Å². The van der Waals surface area contributed by atoms with Crippen molar-refractivity contribution in [3.05, 3.63) is 84.5 Å². The molecule has 0 aliphatic carbocycles. The zero-order valence-electron chi connectivity index (χ0n) is 36.9. The Morgan fingerprint density at radius 3 is 1.72 bits per heavy atom. The van der Waals surface area contributed by atoms with Crippen LogP contribution in [0.1, 0.15) is 65.5 Å². The van der Waals surface area contributed by atoms with Crippen LogP contribution >= 0.6 is 0 Å². The van der Waals surface area contributed by atoms with Gasteiger partial charge in [-0.2, -0.15) is 74.6 Å². The summed E-state index contributed by atoms with van der Waals surface area (Å²) in [6.07, 6.45) is -8.15. The Labute approximate surface area is 383 Å². The van der Waals surface area contributed by atoms with Gasteiger partial charge in [0.05, 0.1) is 12.3 Å². The second kappa shape index (κ2) is 22.6. The fraction of sp³-hybridized carbons (Fsp3) is 0.571. The van der Waals surface area contributed by atoms with Crippen LogP contribution in [-0.4, -0.2) is 87.8 Å². The summed E-state index contributed by atoms with van der Waals surface area (Å²) in [5.74, 6) is -60.2. The average Bonchev–Trinajstić information content (AvgIpc) is 3.23. The van der Waals surface area contributed by atoms with E-state index in [2.05, 4.69) is 11.9 Å². The van der Waals surface area contributed by atoms with E-state index in [1.807, 2.05) is 0 Å². The number of ether oxygens (including phenoxy) is 3. The highest BCUT2D eigenvalue weighted by Gasteiger charge is 2.95. The van der Waals surface area contributed by atoms with Crippen LogP contribution in [0.3, 0.4) is 0 Å². The Kier molecular flexibility index (Phi) is 19.8. The van der Waals surface area contributed by atoms with Crippen molar-refractivity contribution in [2.45, 2.75) is 125 Å². The molecule has 0 heterocycles. The highest BCUT2D eigenvalue weighted by Crippen LogP contribution is 2.64. The van der Waals surface area contributed by atoms with E-state index in [9.17, 15) is 84.2 Å². The van der Waals surface area contributed by atoms with Gasteiger partial charge in [0.1, 0.15) is 36.7 Å². The number of anilines is 1. The first-order valence-electron chi connectivity index (χ1n) is 20.3. The van der Waals surface area contributed by atoms with E-state index < -0.39 is 134 Å². The minimum absolute atomic E-state index is 0.0389. The summed E-state index contributed by atoms with van der Waals surface area (Å²) in [7, 11) is -4.06. The van der Waals surface area contributed by atoms with E-state index in [0.29, 0.717) is 11.6 Å². The second-order valence-corrected chi connectivity index (χ2v) is 21.1. The highest BCUT2D eigenvalue weighted by atomic mass is 28.4. The fourth-order valence-corrected chi connectivity index (χ4v) is 11.2. The fourth-order valence-electron chi connectivity index (χ4n) is 6.74. The molecule has 2 rings (SSSR count). The van der Waals surface area contributed by atoms with Crippen LogP contribution in [-0.2, 0) is 18.7 Å². The largest absolute Gasteiger partial charge is 0.491 e. The van der Waals surface area contributed by atoms with Crippen LogP contribution in [0, 0.1) is 17.6 Å². The monoisotopic (exact) mass is 1050 g/mol. The minimum Gasteiger partial charge on any atom is -0.491 e. The summed E-state index contributed by atoms with van der Waals surface area (Å²) >= 11 is 0. The molecule has 0 spiro atoms. The summed E-state index contributed by atoms with van der Waals surface area (Å²) in [4.78, 5) is 24.6. The number of hydrogen-bond donors (Lipinski definition) is 1. The lowest BCUT2D eigenvalue weighted by molar-refractivity contribution is -0.461. The molecular weight excluding hydrogens is 1000 g/mol. The molecule has 27 heteroatoms. The Balaban J connectivity index is 2.30. The van der Waals surface area contributed by atoms with Gasteiger partial charge in [-0.15, -0.1) is 0 Å². The number of esters is 1. The maximum atomic E-state index is 15.0. The third kappa shape index (κ3) is 13.0. The zero-order chi connectivity index (χ0) is 53.4. The van der Waals surface area contributed by atoms with Gasteiger partial charge >= 0.3 is 59.7 Å². The minimum atomic E-state index is -8.72. The van der Waals surface area contributed by atoms with Gasteiger partial charge in [-0.25, -0.2) is 18.4 Å². The molecule has 0 saturated carbocycles. The molecule has 0 fully saturated rings. The van der Waals surface area contributed by atoms with E-state index in [1.165, 1.54) is 64.1 Å². The summed E-state index contributed by atoms with van der Waals surface area (Å²) in [6, 6.07) is 6.45. The van der Waals surface area contributed by atoms with E-state index >= 15 is 8.78 Å². The molecular formula is C42H46F19NO6Si. The molecule has 1 amide bonds. The molecule has 0 aliphatic heterocycles. The Morgan fingerprint density at radius 2 is 1.23 bits per heavy atom. The molecule has 2 atom stereocenters. The van der Waals surface area contributed by atoms with Crippen LogP contribution in [0.25, 0.3) is 0 Å². The lowest BCUT2D eigenvalue weighted by Crippen LogP contribution is -2.74. The van der Waals surface area contributed by atoms with E-state index in [4.69, 9.17) is 18.6 Å². The van der Waals surface area contributed by atoms with Gasteiger partial charge in [0.15, 0.2) is 8.32 Å². The number of carbonyl (C=O) groups excluding carboxylic acids is 2. The number of nitrogens with one attached hydrogen (secondary N) is 1. The van der Waals surface area contributed by atoms with Crippen molar-refractivity contribution in [1.82, 2.24) is 0 Å². The Bertz CT molecular complexity index is 2060. The summed E-state index contributed by atoms with van der Waals surface area (Å²) in [5.41, 5.74) is -1.95. The number of rotatable bonds is 26. The van der Waals surface area contributed by atoms with Gasteiger partial charge in [0, 0.05) is 18.6 Å². The van der Waals surface area contributed by atoms with Crippen molar-refractivity contribution in [3.63, 3.8) is 0 Å². The second-order valence-electron chi connectivity index (χ2n) is 16.1. The van der Waals surface area contributed by atoms with Crippen molar-refractivity contribution in [2.75, 3.05) is 25.1 Å². The molecule has 392 valence electrons. The van der Waals surface area contributed by atoms with Gasteiger partial charge in [0.25, 0.3) is 0 Å². The molecule has 69 heavy (non-hydrogen) atoms. The maximum Gasteiger partial charge on any atom is 0.460 e. The molecule has 0 aliphatic rings. The topological polar surface area (TPSA) is 83.1 Å². The third-order valence-corrected chi connectivity index (χ3v) is 16.5.